The molecule has 0 aliphatic rings. The van der Waals surface area contributed by atoms with Gasteiger partial charge in [0.25, 0.3) is 0 Å². The van der Waals surface area contributed by atoms with Crippen LogP contribution in [0.4, 0.5) is 0 Å². The molecule has 0 amide bonds. The Bertz CT molecular complexity index is 3520. The van der Waals surface area contributed by atoms with Crippen molar-refractivity contribution in [3.8, 4) is 56.4 Å². The summed E-state index contributed by atoms with van der Waals surface area (Å²) in [5.74, 6) is 1.71. The normalized spacial score (nSPS) is 11.9. The topological polar surface area (TPSA) is 78.1 Å². The first-order valence-electron chi connectivity index (χ1n) is 18.9. The summed E-state index contributed by atoms with van der Waals surface area (Å²) in [6.07, 6.45) is 0. The highest BCUT2D eigenvalue weighted by Crippen LogP contribution is 2.45. The van der Waals surface area contributed by atoms with Crippen LogP contribution in [-0.2, 0) is 0 Å². The number of hydrogen-bond acceptors (Lipinski definition) is 6. The number of aromatic nitrogens is 3. The summed E-state index contributed by atoms with van der Waals surface area (Å²) in [5.41, 5.74) is 11.8. The maximum absolute atomic E-state index is 6.72. The van der Waals surface area contributed by atoms with E-state index in [0.29, 0.717) is 17.5 Å². The zero-order chi connectivity index (χ0) is 37.5. The minimum Gasteiger partial charge on any atom is -0.456 e. The van der Waals surface area contributed by atoms with E-state index in [-0.39, 0.29) is 0 Å². The summed E-state index contributed by atoms with van der Waals surface area (Å²) in [4.78, 5) is 15.1. The van der Waals surface area contributed by atoms with Crippen LogP contribution in [0.3, 0.4) is 0 Å². The summed E-state index contributed by atoms with van der Waals surface area (Å²) in [6, 6.07) is 59.8. The van der Waals surface area contributed by atoms with Gasteiger partial charge in [0.05, 0.1) is 5.56 Å². The molecule has 0 fully saturated rings. The molecule has 0 aliphatic heterocycles. The van der Waals surface area contributed by atoms with Crippen LogP contribution in [0.25, 0.3) is 122 Å². The maximum atomic E-state index is 6.72. The van der Waals surface area contributed by atoms with E-state index >= 15 is 0 Å². The van der Waals surface area contributed by atoms with Gasteiger partial charge in [0.2, 0.25) is 0 Å². The first-order valence-corrected chi connectivity index (χ1v) is 18.9. The molecule has 6 nitrogen and oxygen atoms in total. The molecule has 0 bridgehead atoms. The van der Waals surface area contributed by atoms with E-state index in [0.717, 1.165) is 105 Å². The van der Waals surface area contributed by atoms with Gasteiger partial charge in [-0.1, -0.05) is 140 Å². The van der Waals surface area contributed by atoms with Gasteiger partial charge in [0.15, 0.2) is 17.5 Å². The number of para-hydroxylation sites is 4. The smallest absolute Gasteiger partial charge is 0.167 e. The Morgan fingerprint density at radius 3 is 1.53 bits per heavy atom. The molecule has 0 spiro atoms. The lowest BCUT2D eigenvalue weighted by Gasteiger charge is -2.11. The maximum Gasteiger partial charge on any atom is 0.167 e. The number of furan rings is 3. The van der Waals surface area contributed by atoms with Crippen molar-refractivity contribution in [1.29, 1.82) is 0 Å². The summed E-state index contributed by atoms with van der Waals surface area (Å²) in [5, 5.41) is 6.40. The lowest BCUT2D eigenvalue weighted by atomic mass is 9.92. The van der Waals surface area contributed by atoms with E-state index in [4.69, 9.17) is 28.2 Å². The fourth-order valence-corrected chi connectivity index (χ4v) is 8.34. The van der Waals surface area contributed by atoms with Crippen molar-refractivity contribution in [2.75, 3.05) is 0 Å². The van der Waals surface area contributed by atoms with Crippen LogP contribution in [0.2, 0.25) is 0 Å². The minimum absolute atomic E-state index is 0.549. The molecule has 12 aromatic rings. The van der Waals surface area contributed by atoms with E-state index in [1.165, 1.54) is 0 Å². The highest BCUT2D eigenvalue weighted by atomic mass is 16.3. The zero-order valence-electron chi connectivity index (χ0n) is 30.3. The molecule has 0 saturated carbocycles. The van der Waals surface area contributed by atoms with Crippen LogP contribution in [0.15, 0.2) is 189 Å². The van der Waals surface area contributed by atoms with Gasteiger partial charge in [-0.2, -0.15) is 0 Å². The van der Waals surface area contributed by atoms with E-state index in [9.17, 15) is 0 Å². The molecule has 0 radical (unpaired) electrons. The van der Waals surface area contributed by atoms with E-state index < -0.39 is 0 Å². The SMILES string of the molecule is c1ccc(-c2nc(-c3ccc(-c4ccc(-c5cccc6oc7ccccc7c56)c5c4oc4ccccc45)cc3)nc(-c3cccc4c3oc3ccccc34)n2)cc1. The van der Waals surface area contributed by atoms with Crippen molar-refractivity contribution in [3.05, 3.63) is 176 Å². The van der Waals surface area contributed by atoms with Gasteiger partial charge >= 0.3 is 0 Å². The summed E-state index contributed by atoms with van der Waals surface area (Å²) >= 11 is 0. The molecule has 4 heterocycles. The van der Waals surface area contributed by atoms with Gasteiger partial charge in [-0.3, -0.25) is 0 Å². The van der Waals surface area contributed by atoms with Gasteiger partial charge < -0.3 is 13.3 Å². The monoisotopic (exact) mass is 731 g/mol. The van der Waals surface area contributed by atoms with Crippen LogP contribution in [0.5, 0.6) is 0 Å². The lowest BCUT2D eigenvalue weighted by Crippen LogP contribution is -2.00. The molecule has 8 aromatic carbocycles. The molecule has 4 aromatic heterocycles. The van der Waals surface area contributed by atoms with Gasteiger partial charge in [-0.15, -0.1) is 0 Å². The fraction of sp³-hybridized carbons (Fsp3) is 0. The third kappa shape index (κ3) is 4.94. The van der Waals surface area contributed by atoms with E-state index in [2.05, 4.69) is 84.9 Å². The number of benzene rings is 8. The van der Waals surface area contributed by atoms with Crippen LogP contribution in [0, 0.1) is 0 Å². The Hall–Kier alpha value is -7.83. The average molecular weight is 732 g/mol. The molecule has 6 heteroatoms. The van der Waals surface area contributed by atoms with E-state index in [1.807, 2.05) is 91.0 Å². The van der Waals surface area contributed by atoms with Crippen molar-refractivity contribution in [1.82, 2.24) is 15.0 Å². The number of hydrogen-bond donors (Lipinski definition) is 0. The second kappa shape index (κ2) is 12.3. The molecular formula is C51H29N3O3. The predicted octanol–water partition coefficient (Wildman–Crippen LogP) is 13.9. The third-order valence-corrected chi connectivity index (χ3v) is 11.0. The Morgan fingerprint density at radius 2 is 0.754 bits per heavy atom. The molecule has 0 saturated heterocycles. The Kier molecular flexibility index (Phi) is 6.83. The van der Waals surface area contributed by atoms with Crippen molar-refractivity contribution in [2.45, 2.75) is 0 Å². The van der Waals surface area contributed by atoms with Gasteiger partial charge in [-0.25, -0.2) is 15.0 Å². The van der Waals surface area contributed by atoms with Crippen LogP contribution < -0.4 is 0 Å². The number of nitrogens with zero attached hydrogens (tertiary/aromatic N) is 3. The summed E-state index contributed by atoms with van der Waals surface area (Å²) < 4.78 is 19.4. The number of fused-ring (bicyclic) bond motifs is 9. The van der Waals surface area contributed by atoms with Crippen molar-refractivity contribution < 1.29 is 13.3 Å². The standard InChI is InChI=1S/C51H29N3O3/c1-2-12-31(13-3-1)49-52-50(54-51(53-49)40-19-10-18-37-34-14-4-7-20-41(34)56-47(37)40)32-26-24-30(25-27-32)33-28-29-36(46-39-16-6-9-22-43(39)57-48(33)46)35-17-11-23-44-45(35)38-15-5-8-21-42(38)55-44/h1-29H. The quantitative estimate of drug-likeness (QED) is 0.175. The highest BCUT2D eigenvalue weighted by molar-refractivity contribution is 6.21. The second-order valence-corrected chi connectivity index (χ2v) is 14.3. The zero-order valence-corrected chi connectivity index (χ0v) is 30.3. The van der Waals surface area contributed by atoms with Crippen LogP contribution >= 0.6 is 0 Å². The molecule has 0 unspecified atom stereocenters. The Balaban J connectivity index is 1.01. The fourth-order valence-electron chi connectivity index (χ4n) is 8.34. The van der Waals surface area contributed by atoms with Gasteiger partial charge in [-0.05, 0) is 53.1 Å². The molecule has 0 N–H and O–H groups in total. The molecular weight excluding hydrogens is 703 g/mol. The Morgan fingerprint density at radius 1 is 0.263 bits per heavy atom. The molecule has 57 heavy (non-hydrogen) atoms. The number of rotatable bonds is 5. The largest absolute Gasteiger partial charge is 0.456 e. The predicted molar refractivity (Wildman–Crippen MR) is 229 cm³/mol. The first-order chi connectivity index (χ1) is 28.2. The third-order valence-electron chi connectivity index (χ3n) is 11.0. The van der Waals surface area contributed by atoms with Crippen molar-refractivity contribution in [3.63, 3.8) is 0 Å². The Labute approximate surface area is 325 Å². The molecule has 0 atom stereocenters. The van der Waals surface area contributed by atoms with Crippen LogP contribution in [0.1, 0.15) is 0 Å². The molecule has 266 valence electrons. The van der Waals surface area contributed by atoms with Crippen LogP contribution in [-0.4, -0.2) is 15.0 Å². The molecule has 12 rings (SSSR count). The van der Waals surface area contributed by atoms with E-state index in [1.54, 1.807) is 0 Å². The molecule has 0 aliphatic carbocycles. The lowest BCUT2D eigenvalue weighted by molar-refractivity contribution is 0.668. The second-order valence-electron chi connectivity index (χ2n) is 14.3. The summed E-state index contributed by atoms with van der Waals surface area (Å²) in [7, 11) is 0. The summed E-state index contributed by atoms with van der Waals surface area (Å²) in [6.45, 7) is 0. The highest BCUT2D eigenvalue weighted by Gasteiger charge is 2.21. The van der Waals surface area contributed by atoms with Gasteiger partial charge in [0.1, 0.15) is 33.5 Å². The minimum atomic E-state index is 0.549. The first kappa shape index (κ1) is 31.5. The van der Waals surface area contributed by atoms with Crippen molar-refractivity contribution >= 4 is 65.8 Å². The average Bonchev–Trinajstić information content (AvgIpc) is 3.98. The van der Waals surface area contributed by atoms with Gasteiger partial charge in [0, 0.05) is 49.0 Å². The van der Waals surface area contributed by atoms with Crippen molar-refractivity contribution in [2.24, 2.45) is 0 Å².